The van der Waals surface area contributed by atoms with E-state index in [0.717, 1.165) is 145 Å². The molecule has 3 aromatic carbocycles. The molecular weight excluding hydrogens is 1610 g/mol. The maximum absolute atomic E-state index is 13.4. The van der Waals surface area contributed by atoms with Crippen molar-refractivity contribution in [2.45, 2.75) is 201 Å². The highest BCUT2D eigenvalue weighted by Gasteiger charge is 2.41. The number of ether oxygens (including phenoxy) is 10. The first-order valence-electron chi connectivity index (χ1n) is 40.5. The van der Waals surface area contributed by atoms with Gasteiger partial charge in [0, 0.05) is 65.8 Å². The van der Waals surface area contributed by atoms with Crippen LogP contribution in [0.5, 0.6) is 51.7 Å². The van der Waals surface area contributed by atoms with E-state index in [2.05, 4.69) is 61.4 Å². The average Bonchev–Trinajstić information content (AvgIpc) is 1.69. The standard InChI is InChI=1S/C23H29N3O4.C23H27N3O4.C16H16IN3O3.C10H19NO2.C9H16O2.C8H14O2/c2*1-23(8-6-5-7-9-23)21(27)15-12-24-22-19(15)26-16(13-25-22)14-10-17(28-2)20(30-4)18(11-14)29-3;1-20-8-10(17)14-16(20)18-7-11(19-14)9-5-12(21-2)15(23-4)13(6-9)22-3;1-10(7-5-4-6-8-10)9(12)11(2)13-3;1-9(8(10)11-2)6-4-3-5-7-9;1-8(7(9)10)5-3-2-4-6-8/h10-13,21,27H,5-9H2,1-4H3,(H,24,25);10-13H,5-9H2,1-4H3,(H,24,25);5-8H,1-4H3;4-8H2,1-3H3;3-7H2,1-2H3;2-6H2,1H3,(H,9,10). The van der Waals surface area contributed by atoms with Crippen molar-refractivity contribution in [1.29, 1.82) is 0 Å². The van der Waals surface area contributed by atoms with Gasteiger partial charge < -0.3 is 72.1 Å². The summed E-state index contributed by atoms with van der Waals surface area (Å²) in [6.45, 7) is 10.2. The molecular formula is C89H121IN10O17. The molecule has 0 bridgehead atoms. The number of methoxy groups -OCH3 is 10. The molecule has 4 N–H and O–H groups in total. The van der Waals surface area contributed by atoms with Gasteiger partial charge >= 0.3 is 11.9 Å². The van der Waals surface area contributed by atoms with Gasteiger partial charge in [-0.25, -0.2) is 35.0 Å². The number of Topliss-reactive ketones (excluding diaryl/α,β-unsaturated/α-hetero) is 1. The van der Waals surface area contributed by atoms with Crippen molar-refractivity contribution < 1.29 is 81.6 Å². The quantitative estimate of drug-likeness (QED) is 0.0238. The minimum atomic E-state index is -0.618. The van der Waals surface area contributed by atoms with E-state index in [1.807, 2.05) is 81.2 Å². The Balaban J connectivity index is 0.000000168. The van der Waals surface area contributed by atoms with Crippen molar-refractivity contribution >= 4 is 79.7 Å². The van der Waals surface area contributed by atoms with Gasteiger partial charge in [0.1, 0.15) is 16.6 Å². The molecule has 27 nitrogen and oxygen atoms in total. The molecule has 0 aliphatic heterocycles. The first-order chi connectivity index (χ1) is 56.0. The number of aliphatic carboxylic acids is 1. The second-order valence-electron chi connectivity index (χ2n) is 32.3. The monoisotopic (exact) mass is 1730 g/mol. The minimum Gasteiger partial charge on any atom is -0.493 e. The zero-order valence-corrected chi connectivity index (χ0v) is 73.8. The van der Waals surface area contributed by atoms with Crippen LogP contribution in [-0.4, -0.2) is 169 Å². The maximum atomic E-state index is 13.4. The highest BCUT2D eigenvalue weighted by atomic mass is 127. The van der Waals surface area contributed by atoms with Crippen molar-refractivity contribution in [3.63, 3.8) is 0 Å². The lowest BCUT2D eigenvalue weighted by molar-refractivity contribution is -0.181. The summed E-state index contributed by atoms with van der Waals surface area (Å²) in [7, 11) is 20.9. The summed E-state index contributed by atoms with van der Waals surface area (Å²) in [5, 5.41) is 21.4. The third-order valence-corrected chi connectivity index (χ3v) is 24.9. The number of carboxylic acid groups (broad SMARTS) is 1. The first kappa shape index (κ1) is 91.4. The Hall–Kier alpha value is -9.55. The number of ketones is 1. The summed E-state index contributed by atoms with van der Waals surface area (Å²) in [6, 6.07) is 11.1. The fraction of sp³-hybridized carbons (Fsp3) is 0.551. The number of aromatic nitrogens is 9. The fourth-order valence-corrected chi connectivity index (χ4v) is 17.4. The fourth-order valence-electron chi connectivity index (χ4n) is 16.6. The van der Waals surface area contributed by atoms with E-state index < -0.39 is 17.5 Å². The van der Waals surface area contributed by atoms with Gasteiger partial charge in [-0.15, -0.1) is 0 Å². The van der Waals surface area contributed by atoms with Crippen molar-refractivity contribution in [3.05, 3.63) is 88.3 Å². The van der Waals surface area contributed by atoms with Crippen molar-refractivity contribution in [2.75, 3.05) is 85.3 Å². The Morgan fingerprint density at radius 3 is 1.19 bits per heavy atom. The summed E-state index contributed by atoms with van der Waals surface area (Å²) >= 11 is 2.26. The van der Waals surface area contributed by atoms with E-state index in [9.17, 15) is 24.3 Å². The number of nitrogens with one attached hydrogen (secondary N) is 2. The summed E-state index contributed by atoms with van der Waals surface area (Å²) < 4.78 is 56.6. The van der Waals surface area contributed by atoms with Gasteiger partial charge in [-0.3, -0.25) is 24.0 Å². The minimum absolute atomic E-state index is 0.0304. The lowest BCUT2D eigenvalue weighted by Crippen LogP contribution is -2.40. The van der Waals surface area contributed by atoms with Crippen LogP contribution in [0.3, 0.4) is 0 Å². The molecule has 636 valence electrons. The number of aromatic amines is 2. The van der Waals surface area contributed by atoms with E-state index in [1.165, 1.54) is 77.1 Å². The van der Waals surface area contributed by atoms with Gasteiger partial charge in [-0.1, -0.05) is 117 Å². The largest absolute Gasteiger partial charge is 0.493 e. The molecule has 5 fully saturated rings. The molecule has 9 aromatic rings. The molecule has 0 radical (unpaired) electrons. The second kappa shape index (κ2) is 41.2. The number of H-pyrrole nitrogens is 2. The third kappa shape index (κ3) is 21.3. The number of hydrogen-bond acceptors (Lipinski definition) is 22. The van der Waals surface area contributed by atoms with Crippen LogP contribution in [0.2, 0.25) is 0 Å². The highest BCUT2D eigenvalue weighted by molar-refractivity contribution is 14.1. The van der Waals surface area contributed by atoms with Crippen LogP contribution < -0.4 is 42.6 Å². The normalized spacial score (nSPS) is 17.1. The van der Waals surface area contributed by atoms with E-state index >= 15 is 0 Å². The number of hydrogen-bond donors (Lipinski definition) is 4. The van der Waals surface area contributed by atoms with E-state index in [1.54, 1.807) is 95.8 Å². The summed E-state index contributed by atoms with van der Waals surface area (Å²) in [4.78, 5) is 86.3. The number of amides is 1. The van der Waals surface area contributed by atoms with E-state index in [-0.39, 0.29) is 39.3 Å². The van der Waals surface area contributed by atoms with Gasteiger partial charge in [-0.2, -0.15) is 0 Å². The summed E-state index contributed by atoms with van der Waals surface area (Å²) in [6.07, 6.45) is 37.2. The Labute approximate surface area is 701 Å². The van der Waals surface area contributed by atoms with Crippen LogP contribution in [0.25, 0.3) is 67.3 Å². The smallest absolute Gasteiger partial charge is 0.311 e. The lowest BCUT2D eigenvalue weighted by Gasteiger charge is -2.37. The summed E-state index contributed by atoms with van der Waals surface area (Å²) in [5.41, 5.74) is 8.93. The van der Waals surface area contributed by atoms with Gasteiger partial charge in [0.2, 0.25) is 17.2 Å². The predicted octanol–water partition coefficient (Wildman–Crippen LogP) is 18.9. The molecule has 1 unspecified atom stereocenters. The molecule has 28 heteroatoms. The topological polar surface area (TPSA) is 327 Å². The molecule has 117 heavy (non-hydrogen) atoms. The average molecular weight is 1730 g/mol. The Kier molecular flexibility index (Phi) is 32.2. The number of aryl methyl sites for hydroxylation is 1. The van der Waals surface area contributed by atoms with E-state index in [0.29, 0.717) is 91.0 Å². The molecule has 5 aliphatic carbocycles. The number of carboxylic acids is 1. The molecule has 1 amide bonds. The molecule has 5 aliphatic rings. The number of halogens is 1. The van der Waals surface area contributed by atoms with Gasteiger partial charge in [0.15, 0.2) is 57.2 Å². The highest BCUT2D eigenvalue weighted by Crippen LogP contribution is 2.49. The molecule has 14 rings (SSSR count). The molecule has 6 heterocycles. The maximum Gasteiger partial charge on any atom is 0.311 e. The van der Waals surface area contributed by atoms with Gasteiger partial charge in [0.05, 0.1) is 140 Å². The number of benzene rings is 3. The number of carbonyl (C=O) groups is 4. The van der Waals surface area contributed by atoms with Crippen LogP contribution in [-0.2, 0) is 31.0 Å². The number of carbonyl (C=O) groups excluding carboxylic acids is 3. The Morgan fingerprint density at radius 1 is 0.462 bits per heavy atom. The molecule has 5 saturated carbocycles. The molecule has 6 aromatic heterocycles. The van der Waals surface area contributed by atoms with Crippen LogP contribution in [0.15, 0.2) is 73.6 Å². The number of hydroxylamine groups is 2. The van der Waals surface area contributed by atoms with Crippen molar-refractivity contribution in [1.82, 2.24) is 49.5 Å². The second-order valence-corrected chi connectivity index (χ2v) is 33.5. The predicted molar refractivity (Wildman–Crippen MR) is 459 cm³/mol. The zero-order chi connectivity index (χ0) is 85.0. The lowest BCUT2D eigenvalue weighted by atomic mass is 9.70. The number of aliphatic hydroxyl groups excluding tert-OH is 1. The first-order valence-corrected chi connectivity index (χ1v) is 41.6. The number of esters is 1. The Bertz CT molecular complexity index is 4760. The number of aliphatic hydroxyl groups is 1. The van der Waals surface area contributed by atoms with Gasteiger partial charge in [-0.05, 0) is 142 Å². The molecule has 0 spiro atoms. The van der Waals surface area contributed by atoms with Crippen molar-refractivity contribution in [2.24, 2.45) is 34.1 Å². The Morgan fingerprint density at radius 2 is 0.812 bits per heavy atom. The van der Waals surface area contributed by atoms with Crippen LogP contribution in [0.1, 0.15) is 217 Å². The number of fused-ring (bicyclic) bond motifs is 3. The van der Waals surface area contributed by atoms with Crippen molar-refractivity contribution in [3.8, 4) is 85.5 Å². The summed E-state index contributed by atoms with van der Waals surface area (Å²) in [5.74, 6) is 4.57. The van der Waals surface area contributed by atoms with Crippen LogP contribution in [0.4, 0.5) is 0 Å². The third-order valence-electron chi connectivity index (χ3n) is 24.1. The van der Waals surface area contributed by atoms with Crippen LogP contribution >= 0.6 is 22.6 Å². The molecule has 0 saturated heterocycles. The van der Waals surface area contributed by atoms with Crippen LogP contribution in [0, 0.1) is 30.6 Å². The number of rotatable bonds is 20. The zero-order valence-electron chi connectivity index (χ0n) is 71.7. The van der Waals surface area contributed by atoms with E-state index in [4.69, 9.17) is 72.3 Å². The number of nitrogens with zero attached hydrogens (tertiary/aromatic N) is 8. The van der Waals surface area contributed by atoms with Gasteiger partial charge in [0.25, 0.3) is 5.91 Å². The molecule has 1 atom stereocenters. The SMILES string of the molecule is CC1(C(=O)O)CCCCC1.COC(=O)C1(C)CCCCC1.CON(C)C(=O)C1(C)CCCCC1.COc1cc(-c2cnc3[nH]cc(C(=O)C4(C)CCCCC4)c3n2)cc(OC)c1OC.COc1cc(-c2cnc3[nH]cc(C(O)C4(C)CCCCC4)c3n2)cc(OC)c1OC.COc1cc(-c2cnc3c(n2)c(I)cn3C)cc(OC)c1OC.